The van der Waals surface area contributed by atoms with Crippen LogP contribution in [0.5, 0.6) is 0 Å². The molecule has 0 radical (unpaired) electrons. The average Bonchev–Trinajstić information content (AvgIpc) is 2.78. The van der Waals surface area contributed by atoms with Crippen molar-refractivity contribution in [3.05, 3.63) is 96.1 Å². The van der Waals surface area contributed by atoms with Gasteiger partial charge >= 0.3 is 0 Å². The maximum absolute atomic E-state index is 12.5. The predicted molar refractivity (Wildman–Crippen MR) is 119 cm³/mol. The number of nitrogens with two attached hydrogens (primary N) is 1. The topological polar surface area (TPSA) is 122 Å². The van der Waals surface area contributed by atoms with Crippen LogP contribution in [0, 0.1) is 0 Å². The van der Waals surface area contributed by atoms with Gasteiger partial charge in [-0.2, -0.15) is 13.5 Å². The Morgan fingerprint density at radius 2 is 1.35 bits per heavy atom. The number of carbonyl (C=O) groups is 1. The summed E-state index contributed by atoms with van der Waals surface area (Å²) in [5.41, 5.74) is 8.03. The Kier molecular flexibility index (Phi) is 5.33. The van der Waals surface area contributed by atoms with Gasteiger partial charge in [-0.25, -0.2) is 0 Å². The van der Waals surface area contributed by atoms with Gasteiger partial charge in [-0.3, -0.25) is 9.35 Å². The second-order valence-corrected chi connectivity index (χ2v) is 8.16. The number of carbonyl (C=O) groups excluding carboxylic acids is 1. The number of ketones is 1. The number of anilines is 1. The van der Waals surface area contributed by atoms with Crippen LogP contribution in [0.4, 0.5) is 17.1 Å². The van der Waals surface area contributed by atoms with Crippen molar-refractivity contribution in [3.63, 3.8) is 0 Å². The molecule has 4 aromatic carbocycles. The molecule has 0 amide bonds. The van der Waals surface area contributed by atoms with Crippen LogP contribution in [0.2, 0.25) is 0 Å². The van der Waals surface area contributed by atoms with Gasteiger partial charge < -0.3 is 5.73 Å². The minimum absolute atomic E-state index is 0.107. The molecule has 31 heavy (non-hydrogen) atoms. The molecule has 0 unspecified atom stereocenters. The van der Waals surface area contributed by atoms with Crippen LogP contribution >= 0.6 is 0 Å². The zero-order valence-corrected chi connectivity index (χ0v) is 17.0. The van der Waals surface area contributed by atoms with Gasteiger partial charge in [0.25, 0.3) is 10.1 Å². The summed E-state index contributed by atoms with van der Waals surface area (Å²) in [6.07, 6.45) is 0. The van der Waals surface area contributed by atoms with Gasteiger partial charge in [-0.05, 0) is 30.3 Å². The van der Waals surface area contributed by atoms with Gasteiger partial charge in [0, 0.05) is 21.9 Å². The molecule has 7 nitrogen and oxygen atoms in total. The summed E-state index contributed by atoms with van der Waals surface area (Å²) < 4.78 is 33.2. The third-order valence-electron chi connectivity index (χ3n) is 4.74. The van der Waals surface area contributed by atoms with Crippen LogP contribution < -0.4 is 5.73 Å². The molecule has 0 fully saturated rings. The zero-order chi connectivity index (χ0) is 22.0. The van der Waals surface area contributed by atoms with Crippen molar-refractivity contribution in [1.82, 2.24) is 0 Å². The predicted octanol–water partition coefficient (Wildman–Crippen LogP) is 5.32. The first-order valence-electron chi connectivity index (χ1n) is 9.25. The number of fused-ring (bicyclic) bond motifs is 1. The summed E-state index contributed by atoms with van der Waals surface area (Å²) in [6.45, 7) is 0. The molecule has 0 saturated carbocycles. The van der Waals surface area contributed by atoms with Crippen LogP contribution in [-0.2, 0) is 10.1 Å². The molecule has 8 heteroatoms. The van der Waals surface area contributed by atoms with Gasteiger partial charge in [0.2, 0.25) is 0 Å². The molecule has 0 spiro atoms. The molecular weight excluding hydrogens is 414 g/mol. The maximum Gasteiger partial charge on any atom is 0.295 e. The van der Waals surface area contributed by atoms with E-state index in [0.29, 0.717) is 27.6 Å². The van der Waals surface area contributed by atoms with E-state index in [1.165, 1.54) is 6.07 Å². The number of hydrogen-bond donors (Lipinski definition) is 2. The number of hydrogen-bond acceptors (Lipinski definition) is 6. The van der Waals surface area contributed by atoms with Gasteiger partial charge in [0.05, 0.1) is 11.4 Å². The van der Waals surface area contributed by atoms with E-state index >= 15 is 0 Å². The highest BCUT2D eigenvalue weighted by atomic mass is 32.2. The van der Waals surface area contributed by atoms with E-state index in [1.807, 2.05) is 6.07 Å². The maximum atomic E-state index is 12.5. The quantitative estimate of drug-likeness (QED) is 0.192. The van der Waals surface area contributed by atoms with E-state index in [0.717, 1.165) is 0 Å². The van der Waals surface area contributed by atoms with E-state index in [1.54, 1.807) is 72.8 Å². The molecule has 0 bridgehead atoms. The molecule has 3 N–H and O–H groups in total. The number of benzene rings is 4. The fraction of sp³-hybridized carbons (Fsp3) is 0. The van der Waals surface area contributed by atoms with Crippen molar-refractivity contribution in [3.8, 4) is 0 Å². The highest BCUT2D eigenvalue weighted by Crippen LogP contribution is 2.36. The van der Waals surface area contributed by atoms with Crippen molar-refractivity contribution < 1.29 is 17.8 Å². The van der Waals surface area contributed by atoms with Crippen molar-refractivity contribution in [2.24, 2.45) is 10.2 Å². The van der Waals surface area contributed by atoms with E-state index in [4.69, 9.17) is 5.73 Å². The minimum atomic E-state index is -4.49. The summed E-state index contributed by atoms with van der Waals surface area (Å²) in [7, 11) is -4.49. The molecule has 0 atom stereocenters. The van der Waals surface area contributed by atoms with Crippen LogP contribution in [0.15, 0.2) is 100 Å². The van der Waals surface area contributed by atoms with Gasteiger partial charge in [0.15, 0.2) is 5.78 Å². The summed E-state index contributed by atoms with van der Waals surface area (Å²) in [5.74, 6) is -0.111. The fourth-order valence-corrected chi connectivity index (χ4v) is 3.91. The number of nitrogens with zero attached hydrogens (tertiary/aromatic N) is 2. The summed E-state index contributed by atoms with van der Waals surface area (Å²) in [5, 5.41) is 8.91. The van der Waals surface area contributed by atoms with Crippen LogP contribution in [-0.4, -0.2) is 18.8 Å². The van der Waals surface area contributed by atoms with Crippen molar-refractivity contribution in [2.75, 3.05) is 5.73 Å². The third kappa shape index (κ3) is 4.20. The Morgan fingerprint density at radius 3 is 2.00 bits per heavy atom. The van der Waals surface area contributed by atoms with E-state index in [-0.39, 0.29) is 22.1 Å². The van der Waals surface area contributed by atoms with Crippen LogP contribution in [0.25, 0.3) is 10.8 Å². The SMILES string of the molecule is Nc1c(N=Nc2ccc(C(=O)c3ccccc3)cc2)cc(S(=O)(=O)O)c2ccccc12. The first kappa shape index (κ1) is 20.4. The lowest BCUT2D eigenvalue weighted by Gasteiger charge is -2.09. The molecule has 0 heterocycles. The highest BCUT2D eigenvalue weighted by molar-refractivity contribution is 7.86. The van der Waals surface area contributed by atoms with Crippen molar-refractivity contribution in [1.29, 1.82) is 0 Å². The Morgan fingerprint density at radius 1 is 0.774 bits per heavy atom. The summed E-state index contributed by atoms with van der Waals surface area (Å²) in [6, 6.07) is 23.2. The Hall–Kier alpha value is -3.88. The number of rotatable bonds is 5. The summed E-state index contributed by atoms with van der Waals surface area (Å²) in [4.78, 5) is 12.2. The van der Waals surface area contributed by atoms with Crippen molar-refractivity contribution in [2.45, 2.75) is 4.90 Å². The molecule has 0 saturated heterocycles. The summed E-state index contributed by atoms with van der Waals surface area (Å²) >= 11 is 0. The lowest BCUT2D eigenvalue weighted by Crippen LogP contribution is -2.01. The zero-order valence-electron chi connectivity index (χ0n) is 16.1. The monoisotopic (exact) mass is 431 g/mol. The molecule has 154 valence electrons. The van der Waals surface area contributed by atoms with Crippen LogP contribution in [0.1, 0.15) is 15.9 Å². The standard InChI is InChI=1S/C23H17N3O4S/c24-22-19-9-5-4-8-18(19)21(31(28,29)30)14-20(22)26-25-17-12-10-16(11-13-17)23(27)15-6-2-1-3-7-15/h1-14H,24H2,(H,28,29,30). The Labute approximate surface area is 178 Å². The fourth-order valence-electron chi connectivity index (χ4n) is 3.19. The third-order valence-corrected chi connectivity index (χ3v) is 5.64. The smallest absolute Gasteiger partial charge is 0.295 e. The Bertz CT molecular complexity index is 1410. The van der Waals surface area contributed by atoms with E-state index in [2.05, 4.69) is 10.2 Å². The Balaban J connectivity index is 1.67. The molecule has 4 aromatic rings. The van der Waals surface area contributed by atoms with E-state index in [9.17, 15) is 17.8 Å². The minimum Gasteiger partial charge on any atom is -0.396 e. The second-order valence-electron chi connectivity index (χ2n) is 6.77. The van der Waals surface area contributed by atoms with Gasteiger partial charge in [-0.15, -0.1) is 5.11 Å². The van der Waals surface area contributed by atoms with Gasteiger partial charge in [-0.1, -0.05) is 54.6 Å². The van der Waals surface area contributed by atoms with E-state index < -0.39 is 10.1 Å². The highest BCUT2D eigenvalue weighted by Gasteiger charge is 2.18. The second kappa shape index (κ2) is 8.10. The molecule has 0 aliphatic rings. The molecule has 0 aromatic heterocycles. The van der Waals surface area contributed by atoms with Crippen LogP contribution in [0.3, 0.4) is 0 Å². The first-order chi connectivity index (χ1) is 14.8. The molecule has 4 rings (SSSR count). The molecular formula is C23H17N3O4S. The normalized spacial score (nSPS) is 11.8. The van der Waals surface area contributed by atoms with Crippen molar-refractivity contribution >= 4 is 43.7 Å². The van der Waals surface area contributed by atoms with Gasteiger partial charge in [0.1, 0.15) is 10.6 Å². The lowest BCUT2D eigenvalue weighted by molar-refractivity contribution is 0.103. The lowest BCUT2D eigenvalue weighted by atomic mass is 10.0. The number of nitrogen functional groups attached to an aromatic ring is 1. The largest absolute Gasteiger partial charge is 0.396 e. The average molecular weight is 431 g/mol. The molecule has 0 aliphatic heterocycles. The molecule has 0 aliphatic carbocycles. The first-order valence-corrected chi connectivity index (χ1v) is 10.7. The number of azo groups is 1.